The normalized spacial score (nSPS) is 10.4. The molecule has 0 aliphatic carbocycles. The molecule has 0 aliphatic rings. The third-order valence-electron chi connectivity index (χ3n) is 2.71. The molecule has 2 aromatic rings. The van der Waals surface area contributed by atoms with Gasteiger partial charge >= 0.3 is 11.9 Å². The molecule has 106 valence electrons. The molecule has 4 nitrogen and oxygen atoms in total. The molecule has 20 heavy (non-hydrogen) atoms. The third-order valence-corrected chi connectivity index (χ3v) is 4.65. The van der Waals surface area contributed by atoms with Gasteiger partial charge in [0.25, 0.3) is 0 Å². The minimum absolute atomic E-state index is 0.429. The summed E-state index contributed by atoms with van der Waals surface area (Å²) in [6, 6.07) is 3.44. The second-order valence-electron chi connectivity index (χ2n) is 4.40. The topological polar surface area (TPSA) is 52.6 Å². The maximum atomic E-state index is 11.8. The lowest BCUT2D eigenvalue weighted by Gasteiger charge is -2.02. The Morgan fingerprint density at radius 1 is 0.800 bits per heavy atom. The largest absolute Gasteiger partial charge is 0.387 e. The van der Waals surface area contributed by atoms with E-state index in [-0.39, 0.29) is 0 Å². The number of hydrogen-bond donors (Lipinski definition) is 0. The van der Waals surface area contributed by atoms with E-state index in [0.29, 0.717) is 11.1 Å². The predicted molar refractivity (Wildman–Crippen MR) is 78.4 cm³/mol. The zero-order chi connectivity index (χ0) is 14.9. The maximum Gasteiger partial charge on any atom is 0.387 e. The Kier molecular flexibility index (Phi) is 4.25. The Morgan fingerprint density at radius 3 is 1.40 bits per heavy atom. The zero-order valence-corrected chi connectivity index (χ0v) is 13.2. The Balaban J connectivity index is 2.02. The Bertz CT molecular complexity index is 609. The number of thiophene rings is 2. The SMILES string of the molecule is Cc1cc(C(=O)OOC(=O)c2cc(C)sc2C)c(C)s1. The van der Waals surface area contributed by atoms with E-state index in [1.807, 2.05) is 27.7 Å². The van der Waals surface area contributed by atoms with E-state index in [1.54, 1.807) is 12.1 Å². The molecule has 0 aromatic carbocycles. The second-order valence-corrected chi connectivity index (χ2v) is 7.32. The molecule has 0 amide bonds. The van der Waals surface area contributed by atoms with Crippen molar-refractivity contribution in [1.82, 2.24) is 0 Å². The first-order valence-corrected chi connectivity index (χ1v) is 7.59. The first-order chi connectivity index (χ1) is 9.38. The molecular formula is C14H14O4S2. The van der Waals surface area contributed by atoms with Gasteiger partial charge in [0.2, 0.25) is 0 Å². The summed E-state index contributed by atoms with van der Waals surface area (Å²) in [6.45, 7) is 7.45. The molecule has 0 atom stereocenters. The average molecular weight is 310 g/mol. The molecule has 0 saturated carbocycles. The number of hydrogen-bond acceptors (Lipinski definition) is 6. The van der Waals surface area contributed by atoms with Gasteiger partial charge in [-0.3, -0.25) is 0 Å². The number of carbonyl (C=O) groups excluding carboxylic acids is 2. The van der Waals surface area contributed by atoms with Crippen LogP contribution in [0, 0.1) is 27.7 Å². The van der Waals surface area contributed by atoms with Crippen LogP contribution < -0.4 is 0 Å². The Labute approximate surface area is 124 Å². The van der Waals surface area contributed by atoms with Crippen molar-refractivity contribution < 1.29 is 19.4 Å². The van der Waals surface area contributed by atoms with Crippen LogP contribution in [0.1, 0.15) is 40.2 Å². The molecule has 2 aromatic heterocycles. The summed E-state index contributed by atoms with van der Waals surface area (Å²) in [5.74, 6) is -1.30. The first kappa shape index (κ1) is 14.7. The van der Waals surface area contributed by atoms with Crippen molar-refractivity contribution in [2.45, 2.75) is 27.7 Å². The van der Waals surface area contributed by atoms with Crippen molar-refractivity contribution in [2.24, 2.45) is 0 Å². The maximum absolute atomic E-state index is 11.8. The van der Waals surface area contributed by atoms with E-state index < -0.39 is 11.9 Å². The number of carbonyl (C=O) groups is 2. The summed E-state index contributed by atoms with van der Waals surface area (Å²) in [5.41, 5.74) is 0.858. The lowest BCUT2D eigenvalue weighted by atomic mass is 10.2. The van der Waals surface area contributed by atoms with Crippen LogP contribution in [0.4, 0.5) is 0 Å². The van der Waals surface area contributed by atoms with Crippen LogP contribution in [0.15, 0.2) is 12.1 Å². The highest BCUT2D eigenvalue weighted by Crippen LogP contribution is 2.23. The fraction of sp³-hybridized carbons (Fsp3) is 0.286. The van der Waals surface area contributed by atoms with Gasteiger partial charge in [0.1, 0.15) is 0 Å². The van der Waals surface area contributed by atoms with Gasteiger partial charge < -0.3 is 0 Å². The molecule has 0 fully saturated rings. The van der Waals surface area contributed by atoms with Crippen molar-refractivity contribution in [3.05, 3.63) is 42.8 Å². The molecule has 0 radical (unpaired) electrons. The van der Waals surface area contributed by atoms with Crippen LogP contribution in [0.2, 0.25) is 0 Å². The second kappa shape index (κ2) is 5.76. The molecule has 2 rings (SSSR count). The lowest BCUT2D eigenvalue weighted by molar-refractivity contribution is -0.187. The minimum atomic E-state index is -0.648. The van der Waals surface area contributed by atoms with Gasteiger partial charge in [-0.2, -0.15) is 0 Å². The summed E-state index contributed by atoms with van der Waals surface area (Å²) in [4.78, 5) is 36.6. The van der Waals surface area contributed by atoms with Crippen LogP contribution >= 0.6 is 22.7 Å². The average Bonchev–Trinajstić information content (AvgIpc) is 2.88. The van der Waals surface area contributed by atoms with Gasteiger partial charge in [-0.1, -0.05) is 0 Å². The van der Waals surface area contributed by atoms with Gasteiger partial charge in [-0.05, 0) is 39.8 Å². The Morgan fingerprint density at radius 2 is 1.15 bits per heavy atom. The van der Waals surface area contributed by atoms with E-state index >= 15 is 0 Å². The molecule has 0 spiro atoms. The van der Waals surface area contributed by atoms with Gasteiger partial charge in [0.15, 0.2) is 0 Å². The molecule has 0 unspecified atom stereocenters. The molecule has 0 bridgehead atoms. The van der Waals surface area contributed by atoms with E-state index in [1.165, 1.54) is 22.7 Å². The van der Waals surface area contributed by atoms with Crippen LogP contribution in [-0.2, 0) is 9.78 Å². The fourth-order valence-corrected chi connectivity index (χ4v) is 3.66. The monoisotopic (exact) mass is 310 g/mol. The molecule has 0 saturated heterocycles. The fourth-order valence-electron chi connectivity index (χ4n) is 1.83. The highest BCUT2D eigenvalue weighted by molar-refractivity contribution is 7.12. The van der Waals surface area contributed by atoms with Gasteiger partial charge in [-0.15, -0.1) is 22.7 Å². The summed E-state index contributed by atoms with van der Waals surface area (Å²) >= 11 is 2.99. The molecule has 0 aliphatic heterocycles. The summed E-state index contributed by atoms with van der Waals surface area (Å²) < 4.78 is 0. The molecular weight excluding hydrogens is 296 g/mol. The zero-order valence-electron chi connectivity index (χ0n) is 11.6. The molecule has 2 heterocycles. The van der Waals surface area contributed by atoms with Crippen LogP contribution in [0.5, 0.6) is 0 Å². The number of rotatable bonds is 2. The van der Waals surface area contributed by atoms with Crippen molar-refractivity contribution >= 4 is 34.6 Å². The summed E-state index contributed by atoms with van der Waals surface area (Å²) in [6.07, 6.45) is 0. The van der Waals surface area contributed by atoms with Crippen LogP contribution in [-0.4, -0.2) is 11.9 Å². The Hall–Kier alpha value is -1.66. The number of aryl methyl sites for hydroxylation is 4. The molecule has 6 heteroatoms. The minimum Gasteiger partial charge on any atom is -0.241 e. The van der Waals surface area contributed by atoms with E-state index in [0.717, 1.165) is 19.5 Å². The van der Waals surface area contributed by atoms with E-state index in [4.69, 9.17) is 0 Å². The highest BCUT2D eigenvalue weighted by atomic mass is 32.1. The van der Waals surface area contributed by atoms with E-state index in [2.05, 4.69) is 9.78 Å². The molecule has 0 N–H and O–H groups in total. The summed E-state index contributed by atoms with van der Waals surface area (Å²) in [5, 5.41) is 0. The van der Waals surface area contributed by atoms with E-state index in [9.17, 15) is 9.59 Å². The summed E-state index contributed by atoms with van der Waals surface area (Å²) in [7, 11) is 0. The van der Waals surface area contributed by atoms with Crippen molar-refractivity contribution in [1.29, 1.82) is 0 Å². The standard InChI is InChI=1S/C14H14O4S2/c1-7-5-11(9(3)19-7)13(15)17-18-14(16)12-6-8(2)20-10(12)4/h5-6H,1-4H3. The van der Waals surface area contributed by atoms with Gasteiger partial charge in [0.05, 0.1) is 11.1 Å². The van der Waals surface area contributed by atoms with Gasteiger partial charge in [-0.25, -0.2) is 19.4 Å². The first-order valence-electron chi connectivity index (χ1n) is 5.95. The van der Waals surface area contributed by atoms with Crippen molar-refractivity contribution in [3.63, 3.8) is 0 Å². The smallest absolute Gasteiger partial charge is 0.241 e. The van der Waals surface area contributed by atoms with Crippen LogP contribution in [0.25, 0.3) is 0 Å². The quantitative estimate of drug-likeness (QED) is 0.622. The highest BCUT2D eigenvalue weighted by Gasteiger charge is 2.19. The third kappa shape index (κ3) is 3.08. The van der Waals surface area contributed by atoms with Crippen molar-refractivity contribution in [3.8, 4) is 0 Å². The van der Waals surface area contributed by atoms with Crippen molar-refractivity contribution in [2.75, 3.05) is 0 Å². The predicted octanol–water partition coefficient (Wildman–Crippen LogP) is 3.97. The van der Waals surface area contributed by atoms with Gasteiger partial charge in [0, 0.05) is 19.5 Å². The van der Waals surface area contributed by atoms with Crippen LogP contribution in [0.3, 0.4) is 0 Å². The lowest BCUT2D eigenvalue weighted by Crippen LogP contribution is -2.12.